The standard InChI is InChI=1S/C19H22N2O5S3/c1-26-19(23)16-9-12-28-18(16)20-17(22)13-7-10-21(11-8-13)29(24,25)15-5-3-14(27-2)4-6-15/h3-6,9,12-13H,7-8,10-11H2,1-2H3,(H,20,22). The lowest BCUT2D eigenvalue weighted by atomic mass is 9.97. The molecule has 1 saturated heterocycles. The number of thiophene rings is 1. The van der Waals surface area contributed by atoms with Crippen LogP contribution in [0.2, 0.25) is 0 Å². The Morgan fingerprint density at radius 2 is 1.83 bits per heavy atom. The number of rotatable bonds is 6. The lowest BCUT2D eigenvalue weighted by molar-refractivity contribution is -0.120. The second-order valence-electron chi connectivity index (χ2n) is 6.50. The van der Waals surface area contributed by atoms with Gasteiger partial charge in [0.2, 0.25) is 15.9 Å². The van der Waals surface area contributed by atoms with Crippen molar-refractivity contribution in [3.8, 4) is 0 Å². The summed E-state index contributed by atoms with van der Waals surface area (Å²) in [7, 11) is -2.29. The Morgan fingerprint density at radius 3 is 2.41 bits per heavy atom. The van der Waals surface area contributed by atoms with Crippen LogP contribution in [0.15, 0.2) is 45.5 Å². The summed E-state index contributed by atoms with van der Waals surface area (Å²) in [6.45, 7) is 0.554. The Kier molecular flexibility index (Phi) is 6.99. The van der Waals surface area contributed by atoms with Crippen molar-refractivity contribution in [2.45, 2.75) is 22.6 Å². The summed E-state index contributed by atoms with van der Waals surface area (Å²) >= 11 is 2.80. The van der Waals surface area contributed by atoms with E-state index in [-0.39, 0.29) is 29.8 Å². The minimum Gasteiger partial charge on any atom is -0.465 e. The van der Waals surface area contributed by atoms with Gasteiger partial charge in [-0.3, -0.25) is 4.79 Å². The van der Waals surface area contributed by atoms with Crippen LogP contribution in [0.1, 0.15) is 23.2 Å². The normalized spacial score (nSPS) is 15.8. The molecular formula is C19H22N2O5S3. The first kappa shape index (κ1) is 21.8. The summed E-state index contributed by atoms with van der Waals surface area (Å²) in [4.78, 5) is 25.6. The van der Waals surface area contributed by atoms with Gasteiger partial charge in [-0.25, -0.2) is 13.2 Å². The van der Waals surface area contributed by atoms with Crippen LogP contribution < -0.4 is 5.32 Å². The molecule has 0 spiro atoms. The zero-order valence-corrected chi connectivity index (χ0v) is 18.5. The number of sulfonamides is 1. The molecule has 2 heterocycles. The van der Waals surface area contributed by atoms with Crippen LogP contribution in [0.4, 0.5) is 5.00 Å². The minimum absolute atomic E-state index is 0.209. The third-order valence-electron chi connectivity index (χ3n) is 4.83. The van der Waals surface area contributed by atoms with Gasteiger partial charge in [0.15, 0.2) is 0 Å². The summed E-state index contributed by atoms with van der Waals surface area (Å²) in [6.07, 6.45) is 2.78. The molecule has 1 N–H and O–H groups in total. The van der Waals surface area contributed by atoms with E-state index in [4.69, 9.17) is 4.74 Å². The molecule has 2 aromatic rings. The van der Waals surface area contributed by atoms with Gasteiger partial charge in [0.05, 0.1) is 17.6 Å². The summed E-state index contributed by atoms with van der Waals surface area (Å²) < 4.78 is 31.8. The van der Waals surface area contributed by atoms with Crippen molar-refractivity contribution in [1.82, 2.24) is 4.31 Å². The number of esters is 1. The van der Waals surface area contributed by atoms with Gasteiger partial charge in [-0.15, -0.1) is 23.1 Å². The molecule has 1 aromatic carbocycles. The van der Waals surface area contributed by atoms with Gasteiger partial charge in [-0.05, 0) is 54.8 Å². The third kappa shape index (κ3) is 4.82. The Hall–Kier alpha value is -1.88. The first-order valence-electron chi connectivity index (χ1n) is 8.97. The monoisotopic (exact) mass is 454 g/mol. The first-order chi connectivity index (χ1) is 13.9. The van der Waals surface area contributed by atoms with Crippen LogP contribution >= 0.6 is 23.1 Å². The van der Waals surface area contributed by atoms with Gasteiger partial charge in [0, 0.05) is 23.9 Å². The molecule has 1 aromatic heterocycles. The van der Waals surface area contributed by atoms with Crippen LogP contribution in [0.5, 0.6) is 0 Å². The highest BCUT2D eigenvalue weighted by Gasteiger charge is 2.32. The molecule has 1 aliphatic heterocycles. The summed E-state index contributed by atoms with van der Waals surface area (Å²) in [5.74, 6) is -1.03. The quantitative estimate of drug-likeness (QED) is 0.532. The predicted molar refractivity (Wildman–Crippen MR) is 114 cm³/mol. The van der Waals surface area contributed by atoms with Crippen LogP contribution in [0, 0.1) is 5.92 Å². The van der Waals surface area contributed by atoms with Crippen molar-refractivity contribution in [3.05, 3.63) is 41.3 Å². The Labute approximate surface area is 178 Å². The number of nitrogens with zero attached hydrogens (tertiary/aromatic N) is 1. The molecule has 0 radical (unpaired) electrons. The molecule has 0 bridgehead atoms. The zero-order chi connectivity index (χ0) is 21.0. The first-order valence-corrected chi connectivity index (χ1v) is 12.5. The second kappa shape index (κ2) is 9.29. The molecule has 0 saturated carbocycles. The van der Waals surface area contributed by atoms with Gasteiger partial charge in [-0.1, -0.05) is 0 Å². The fourth-order valence-corrected chi connectivity index (χ4v) is 5.80. The second-order valence-corrected chi connectivity index (χ2v) is 10.2. The van der Waals surface area contributed by atoms with E-state index < -0.39 is 16.0 Å². The van der Waals surface area contributed by atoms with Crippen LogP contribution in [-0.4, -0.2) is 51.1 Å². The summed E-state index contributed by atoms with van der Waals surface area (Å²) in [6, 6.07) is 8.41. The van der Waals surface area contributed by atoms with E-state index in [9.17, 15) is 18.0 Å². The number of carbonyl (C=O) groups is 2. The number of methoxy groups -OCH3 is 1. The molecular weight excluding hydrogens is 432 g/mol. The topological polar surface area (TPSA) is 92.8 Å². The molecule has 1 fully saturated rings. The molecule has 0 atom stereocenters. The zero-order valence-electron chi connectivity index (χ0n) is 16.1. The van der Waals surface area contributed by atoms with Crippen molar-refractivity contribution in [1.29, 1.82) is 0 Å². The van der Waals surface area contributed by atoms with Gasteiger partial charge < -0.3 is 10.1 Å². The molecule has 3 rings (SSSR count). The molecule has 1 amide bonds. The van der Waals surface area contributed by atoms with E-state index in [2.05, 4.69) is 5.32 Å². The number of benzene rings is 1. The van der Waals surface area contributed by atoms with Crippen LogP contribution in [0.3, 0.4) is 0 Å². The highest BCUT2D eigenvalue weighted by molar-refractivity contribution is 7.98. The molecule has 156 valence electrons. The fraction of sp³-hybridized carbons (Fsp3) is 0.368. The lowest BCUT2D eigenvalue weighted by Crippen LogP contribution is -2.41. The van der Waals surface area contributed by atoms with Gasteiger partial charge >= 0.3 is 5.97 Å². The van der Waals surface area contributed by atoms with E-state index in [1.807, 2.05) is 6.26 Å². The predicted octanol–water partition coefficient (Wildman–Crippen LogP) is 3.30. The number of hydrogen-bond acceptors (Lipinski definition) is 7. The third-order valence-corrected chi connectivity index (χ3v) is 8.32. The lowest BCUT2D eigenvalue weighted by Gasteiger charge is -2.30. The number of anilines is 1. The number of ether oxygens (including phenoxy) is 1. The van der Waals surface area contributed by atoms with E-state index in [1.165, 1.54) is 22.8 Å². The van der Waals surface area contributed by atoms with Crippen LogP contribution in [-0.2, 0) is 19.6 Å². The van der Waals surface area contributed by atoms with Crippen molar-refractivity contribution in [3.63, 3.8) is 0 Å². The summed E-state index contributed by atoms with van der Waals surface area (Å²) in [5, 5.41) is 4.94. The number of amides is 1. The molecule has 0 aliphatic carbocycles. The summed E-state index contributed by atoms with van der Waals surface area (Å²) in [5.41, 5.74) is 0.319. The Morgan fingerprint density at radius 1 is 1.17 bits per heavy atom. The number of piperidine rings is 1. The maximum atomic E-state index is 12.8. The largest absolute Gasteiger partial charge is 0.465 e. The fourth-order valence-electron chi connectivity index (χ4n) is 3.15. The number of thioether (sulfide) groups is 1. The molecule has 7 nitrogen and oxygen atoms in total. The van der Waals surface area contributed by atoms with Gasteiger partial charge in [-0.2, -0.15) is 4.31 Å². The van der Waals surface area contributed by atoms with Crippen molar-refractivity contribution in [2.75, 3.05) is 31.8 Å². The van der Waals surface area contributed by atoms with E-state index in [1.54, 1.807) is 47.5 Å². The van der Waals surface area contributed by atoms with Gasteiger partial charge in [0.25, 0.3) is 0 Å². The maximum absolute atomic E-state index is 12.8. The molecule has 29 heavy (non-hydrogen) atoms. The smallest absolute Gasteiger partial charge is 0.340 e. The van der Waals surface area contributed by atoms with Crippen molar-refractivity contribution < 1.29 is 22.7 Å². The minimum atomic E-state index is -3.57. The average molecular weight is 455 g/mol. The Balaban J connectivity index is 1.62. The van der Waals surface area contributed by atoms with E-state index in [0.717, 1.165) is 4.90 Å². The number of carbonyl (C=O) groups excluding carboxylic acids is 2. The number of hydrogen-bond donors (Lipinski definition) is 1. The molecule has 1 aliphatic rings. The highest BCUT2D eigenvalue weighted by atomic mass is 32.2. The van der Waals surface area contributed by atoms with E-state index >= 15 is 0 Å². The van der Waals surface area contributed by atoms with Crippen molar-refractivity contribution >= 4 is 50.0 Å². The number of nitrogens with one attached hydrogen (secondary N) is 1. The van der Waals surface area contributed by atoms with Crippen molar-refractivity contribution in [2.24, 2.45) is 5.92 Å². The van der Waals surface area contributed by atoms with Crippen LogP contribution in [0.25, 0.3) is 0 Å². The highest BCUT2D eigenvalue weighted by Crippen LogP contribution is 2.28. The average Bonchev–Trinajstić information content (AvgIpc) is 3.21. The Bertz CT molecular complexity index is 978. The SMILES string of the molecule is COC(=O)c1ccsc1NC(=O)C1CCN(S(=O)(=O)c2ccc(SC)cc2)CC1. The van der Waals surface area contributed by atoms with Gasteiger partial charge in [0.1, 0.15) is 5.00 Å². The molecule has 0 unspecified atom stereocenters. The molecule has 10 heteroatoms. The van der Waals surface area contributed by atoms with E-state index in [0.29, 0.717) is 23.4 Å². The maximum Gasteiger partial charge on any atom is 0.340 e.